The number of esters is 1. The van der Waals surface area contributed by atoms with Crippen LogP contribution in [0.25, 0.3) is 0 Å². The number of anilines is 1. The van der Waals surface area contributed by atoms with Crippen LogP contribution in [0.1, 0.15) is 63.3 Å². The Bertz CT molecular complexity index is 1210. The first kappa shape index (κ1) is 23.5. The molecule has 2 aromatic heterocycles. The summed E-state index contributed by atoms with van der Waals surface area (Å²) >= 11 is 1.40. The lowest BCUT2D eigenvalue weighted by atomic mass is 9.95. The van der Waals surface area contributed by atoms with Crippen LogP contribution < -0.4 is 10.1 Å². The van der Waals surface area contributed by atoms with Gasteiger partial charge in [0.05, 0.1) is 17.1 Å². The van der Waals surface area contributed by atoms with Crippen molar-refractivity contribution in [1.82, 2.24) is 0 Å². The zero-order valence-corrected chi connectivity index (χ0v) is 19.4. The zero-order valence-electron chi connectivity index (χ0n) is 18.6. The molecule has 2 heterocycles. The lowest BCUT2D eigenvalue weighted by molar-refractivity contribution is -0.386. The SMILES string of the molecule is CCCOC(=O)c1c(NC(=O)c2ccc(COc3ccccc3[N+](=O)[O-])o2)sc2c1CCCC2. The molecule has 10 heteroatoms. The van der Waals surface area contributed by atoms with E-state index in [1.165, 1.54) is 29.5 Å². The normalized spacial score (nSPS) is 12.6. The van der Waals surface area contributed by atoms with Gasteiger partial charge in [-0.2, -0.15) is 0 Å². The van der Waals surface area contributed by atoms with E-state index in [-0.39, 0.29) is 23.8 Å². The van der Waals surface area contributed by atoms with Crippen LogP contribution in [-0.4, -0.2) is 23.4 Å². The molecule has 0 saturated heterocycles. The van der Waals surface area contributed by atoms with Crippen molar-refractivity contribution in [3.05, 3.63) is 74.0 Å². The molecule has 0 bridgehead atoms. The Labute approximate surface area is 199 Å². The number of amides is 1. The third-order valence-electron chi connectivity index (χ3n) is 5.36. The van der Waals surface area contributed by atoms with E-state index in [9.17, 15) is 19.7 Å². The van der Waals surface area contributed by atoms with E-state index in [1.807, 2.05) is 6.92 Å². The highest BCUT2D eigenvalue weighted by molar-refractivity contribution is 7.17. The summed E-state index contributed by atoms with van der Waals surface area (Å²) in [5.74, 6) is -0.444. The van der Waals surface area contributed by atoms with Crippen LogP contribution in [0.4, 0.5) is 10.7 Å². The van der Waals surface area contributed by atoms with Crippen molar-refractivity contribution >= 4 is 33.9 Å². The minimum atomic E-state index is -0.528. The number of hydrogen-bond acceptors (Lipinski definition) is 8. The molecule has 0 unspecified atom stereocenters. The van der Waals surface area contributed by atoms with Crippen LogP contribution in [0.3, 0.4) is 0 Å². The van der Waals surface area contributed by atoms with Gasteiger partial charge in [0.25, 0.3) is 5.91 Å². The van der Waals surface area contributed by atoms with Crippen molar-refractivity contribution in [2.24, 2.45) is 0 Å². The molecule has 1 aromatic carbocycles. The number of rotatable bonds is 9. The van der Waals surface area contributed by atoms with Gasteiger partial charge in [-0.25, -0.2) is 4.79 Å². The highest BCUT2D eigenvalue weighted by Gasteiger charge is 2.28. The molecule has 0 saturated carbocycles. The Hall–Kier alpha value is -3.66. The zero-order chi connectivity index (χ0) is 24.1. The Morgan fingerprint density at radius 2 is 1.97 bits per heavy atom. The lowest BCUT2D eigenvalue weighted by Gasteiger charge is -2.12. The molecule has 4 rings (SSSR count). The molecule has 3 aromatic rings. The molecule has 1 N–H and O–H groups in total. The van der Waals surface area contributed by atoms with Crippen molar-refractivity contribution in [2.45, 2.75) is 45.6 Å². The van der Waals surface area contributed by atoms with Crippen molar-refractivity contribution in [3.63, 3.8) is 0 Å². The number of fused-ring (bicyclic) bond motifs is 1. The smallest absolute Gasteiger partial charge is 0.341 e. The number of nitrogens with one attached hydrogen (secondary N) is 1. The standard InChI is InChI=1S/C24H24N2O7S/c1-2-13-31-24(28)21-16-7-3-6-10-20(16)34-23(21)25-22(27)19-12-11-15(33-19)14-32-18-9-5-4-8-17(18)26(29)30/h4-5,8-9,11-12H,2-3,6-7,10,13-14H2,1H3,(H,25,27). The fourth-order valence-electron chi connectivity index (χ4n) is 3.76. The predicted molar refractivity (Wildman–Crippen MR) is 126 cm³/mol. The molecular weight excluding hydrogens is 460 g/mol. The second-order valence-electron chi connectivity index (χ2n) is 7.78. The van der Waals surface area contributed by atoms with Crippen LogP contribution in [0.15, 0.2) is 40.8 Å². The third-order valence-corrected chi connectivity index (χ3v) is 6.56. The minimum absolute atomic E-state index is 0.0420. The highest BCUT2D eigenvalue weighted by atomic mass is 32.1. The van der Waals surface area contributed by atoms with Gasteiger partial charge in [0.2, 0.25) is 0 Å². The third kappa shape index (κ3) is 5.12. The van der Waals surface area contributed by atoms with Gasteiger partial charge in [0, 0.05) is 10.9 Å². The topological polar surface area (TPSA) is 121 Å². The van der Waals surface area contributed by atoms with Gasteiger partial charge in [0.15, 0.2) is 11.5 Å². The first-order chi connectivity index (χ1) is 16.5. The fourth-order valence-corrected chi connectivity index (χ4v) is 5.03. The van der Waals surface area contributed by atoms with Gasteiger partial charge in [-0.05, 0) is 55.9 Å². The van der Waals surface area contributed by atoms with Gasteiger partial charge in [-0.1, -0.05) is 19.1 Å². The number of thiophene rings is 1. The van der Waals surface area contributed by atoms with Crippen LogP contribution in [0.5, 0.6) is 5.75 Å². The molecule has 1 amide bonds. The summed E-state index contributed by atoms with van der Waals surface area (Å²) < 4.78 is 16.5. The number of hydrogen-bond donors (Lipinski definition) is 1. The molecule has 0 spiro atoms. The largest absolute Gasteiger partial charge is 0.479 e. The van der Waals surface area contributed by atoms with Crippen molar-refractivity contribution in [1.29, 1.82) is 0 Å². The van der Waals surface area contributed by atoms with Gasteiger partial charge in [-0.3, -0.25) is 14.9 Å². The summed E-state index contributed by atoms with van der Waals surface area (Å²) in [6.45, 7) is 2.16. The Kier molecular flexibility index (Phi) is 7.27. The first-order valence-corrected chi connectivity index (χ1v) is 11.9. The minimum Gasteiger partial charge on any atom is -0.479 e. The molecule has 0 atom stereocenters. The average Bonchev–Trinajstić information content (AvgIpc) is 3.46. The fraction of sp³-hybridized carbons (Fsp3) is 0.333. The monoisotopic (exact) mass is 484 g/mol. The quantitative estimate of drug-likeness (QED) is 0.241. The molecule has 0 radical (unpaired) electrons. The number of para-hydroxylation sites is 2. The number of carbonyl (C=O) groups excluding carboxylic acids is 2. The van der Waals surface area contributed by atoms with E-state index in [0.29, 0.717) is 29.4 Å². The van der Waals surface area contributed by atoms with Gasteiger partial charge < -0.3 is 19.2 Å². The number of aryl methyl sites for hydroxylation is 1. The van der Waals surface area contributed by atoms with Crippen molar-refractivity contribution < 1.29 is 28.4 Å². The average molecular weight is 485 g/mol. The van der Waals surface area contributed by atoms with Crippen LogP contribution in [0.2, 0.25) is 0 Å². The summed E-state index contributed by atoms with van der Waals surface area (Å²) in [6, 6.07) is 9.09. The van der Waals surface area contributed by atoms with E-state index < -0.39 is 16.8 Å². The van der Waals surface area contributed by atoms with Crippen LogP contribution in [-0.2, 0) is 24.2 Å². The Morgan fingerprint density at radius 1 is 1.18 bits per heavy atom. The predicted octanol–water partition coefficient (Wildman–Crippen LogP) is 5.53. The van der Waals surface area contributed by atoms with Gasteiger partial charge in [-0.15, -0.1) is 11.3 Å². The number of furan rings is 1. The number of nitrogens with zero attached hydrogens (tertiary/aromatic N) is 1. The molecule has 34 heavy (non-hydrogen) atoms. The van der Waals surface area contributed by atoms with Crippen molar-refractivity contribution in [2.75, 3.05) is 11.9 Å². The Balaban J connectivity index is 1.47. The summed E-state index contributed by atoms with van der Waals surface area (Å²) in [5.41, 5.74) is 1.25. The van der Waals surface area contributed by atoms with E-state index in [2.05, 4.69) is 5.32 Å². The maximum Gasteiger partial charge on any atom is 0.341 e. The van der Waals surface area contributed by atoms with E-state index in [4.69, 9.17) is 13.9 Å². The molecule has 1 aliphatic carbocycles. The van der Waals surface area contributed by atoms with Crippen LogP contribution in [0, 0.1) is 10.1 Å². The maximum absolute atomic E-state index is 12.9. The van der Waals surface area contributed by atoms with E-state index in [0.717, 1.165) is 36.1 Å². The molecule has 0 fully saturated rings. The molecule has 0 aliphatic heterocycles. The van der Waals surface area contributed by atoms with E-state index in [1.54, 1.807) is 18.2 Å². The Morgan fingerprint density at radius 3 is 2.76 bits per heavy atom. The number of nitro groups is 1. The highest BCUT2D eigenvalue weighted by Crippen LogP contribution is 2.39. The molecule has 9 nitrogen and oxygen atoms in total. The number of benzene rings is 1. The van der Waals surface area contributed by atoms with Gasteiger partial charge >= 0.3 is 11.7 Å². The summed E-state index contributed by atoms with van der Waals surface area (Å²) in [7, 11) is 0. The summed E-state index contributed by atoms with van der Waals surface area (Å²) in [6.07, 6.45) is 4.41. The van der Waals surface area contributed by atoms with E-state index >= 15 is 0 Å². The second-order valence-corrected chi connectivity index (χ2v) is 8.89. The molecular formula is C24H24N2O7S. The lowest BCUT2D eigenvalue weighted by Crippen LogP contribution is -2.15. The van der Waals surface area contributed by atoms with Gasteiger partial charge in [0.1, 0.15) is 17.4 Å². The summed E-state index contributed by atoms with van der Waals surface area (Å²) in [4.78, 5) is 37.3. The second kappa shape index (κ2) is 10.5. The number of ether oxygens (including phenoxy) is 2. The maximum atomic E-state index is 12.9. The molecule has 1 aliphatic rings. The first-order valence-electron chi connectivity index (χ1n) is 11.1. The number of nitro benzene ring substituents is 1. The van der Waals surface area contributed by atoms with Crippen LogP contribution >= 0.6 is 11.3 Å². The van der Waals surface area contributed by atoms with Crippen molar-refractivity contribution in [3.8, 4) is 5.75 Å². The summed E-state index contributed by atoms with van der Waals surface area (Å²) in [5, 5.41) is 14.4. The molecule has 178 valence electrons. The number of carbonyl (C=O) groups is 2.